The van der Waals surface area contributed by atoms with Crippen LogP contribution >= 0.6 is 11.8 Å². The van der Waals surface area contributed by atoms with Gasteiger partial charge in [-0.1, -0.05) is 12.2 Å². The first-order chi connectivity index (χ1) is 7.20. The predicted molar refractivity (Wildman–Crippen MR) is 64.1 cm³/mol. The van der Waals surface area contributed by atoms with Crippen LogP contribution in [0.25, 0.3) is 0 Å². The second kappa shape index (κ2) is 6.90. The van der Waals surface area contributed by atoms with E-state index in [0.29, 0.717) is 19.8 Å². The molecule has 0 saturated carbocycles. The lowest BCUT2D eigenvalue weighted by atomic mass is 10.1. The molecule has 1 fully saturated rings. The van der Waals surface area contributed by atoms with E-state index in [0.717, 1.165) is 23.5 Å². The monoisotopic (exact) mass is 229 g/mol. The highest BCUT2D eigenvalue weighted by atomic mass is 32.2. The van der Waals surface area contributed by atoms with E-state index >= 15 is 0 Å². The normalized spacial score (nSPS) is 20.2. The fourth-order valence-electron chi connectivity index (χ4n) is 1.38. The van der Waals surface area contributed by atoms with E-state index in [-0.39, 0.29) is 11.8 Å². The second-order valence-electron chi connectivity index (χ2n) is 3.86. The van der Waals surface area contributed by atoms with Gasteiger partial charge < -0.3 is 10.1 Å². The van der Waals surface area contributed by atoms with Crippen LogP contribution in [0.1, 0.15) is 13.3 Å². The highest BCUT2D eigenvalue weighted by Crippen LogP contribution is 2.23. The van der Waals surface area contributed by atoms with Crippen molar-refractivity contribution in [2.24, 2.45) is 5.92 Å². The lowest BCUT2D eigenvalue weighted by Crippen LogP contribution is -2.33. The van der Waals surface area contributed by atoms with Crippen LogP contribution in [0.4, 0.5) is 0 Å². The average molecular weight is 229 g/mol. The Morgan fingerprint density at radius 3 is 3.07 bits per heavy atom. The van der Waals surface area contributed by atoms with Gasteiger partial charge in [0.2, 0.25) is 5.91 Å². The molecule has 15 heavy (non-hydrogen) atoms. The molecule has 0 aromatic carbocycles. The Morgan fingerprint density at radius 1 is 1.67 bits per heavy atom. The van der Waals surface area contributed by atoms with E-state index in [1.54, 1.807) is 0 Å². The summed E-state index contributed by atoms with van der Waals surface area (Å²) in [6, 6.07) is 0. The topological polar surface area (TPSA) is 38.3 Å². The van der Waals surface area contributed by atoms with Crippen molar-refractivity contribution in [1.29, 1.82) is 0 Å². The Labute approximate surface area is 95.6 Å². The van der Waals surface area contributed by atoms with Gasteiger partial charge in [0, 0.05) is 18.2 Å². The molecule has 0 spiro atoms. The van der Waals surface area contributed by atoms with Crippen LogP contribution in [0, 0.1) is 5.92 Å². The summed E-state index contributed by atoms with van der Waals surface area (Å²) in [6.07, 6.45) is 1.02. The van der Waals surface area contributed by atoms with E-state index in [4.69, 9.17) is 4.74 Å². The van der Waals surface area contributed by atoms with Gasteiger partial charge in [-0.2, -0.15) is 11.8 Å². The lowest BCUT2D eigenvalue weighted by Gasteiger charge is -2.09. The van der Waals surface area contributed by atoms with Crippen molar-refractivity contribution in [1.82, 2.24) is 5.32 Å². The lowest BCUT2D eigenvalue weighted by molar-refractivity contribution is -0.124. The van der Waals surface area contributed by atoms with Gasteiger partial charge in [-0.3, -0.25) is 4.79 Å². The molecule has 0 aromatic heterocycles. The van der Waals surface area contributed by atoms with Gasteiger partial charge in [0.25, 0.3) is 0 Å². The molecule has 1 unspecified atom stereocenters. The first kappa shape index (κ1) is 12.6. The summed E-state index contributed by atoms with van der Waals surface area (Å²) in [5.41, 5.74) is 1.01. The van der Waals surface area contributed by atoms with Gasteiger partial charge in [-0.05, 0) is 19.1 Å². The summed E-state index contributed by atoms with van der Waals surface area (Å²) in [6.45, 7) is 7.41. The number of hydrogen-bond donors (Lipinski definition) is 1. The van der Waals surface area contributed by atoms with E-state index in [1.807, 2.05) is 18.7 Å². The molecular weight excluding hydrogens is 210 g/mol. The van der Waals surface area contributed by atoms with Crippen LogP contribution in [-0.2, 0) is 9.53 Å². The van der Waals surface area contributed by atoms with Crippen molar-refractivity contribution in [3.8, 4) is 0 Å². The zero-order valence-electron chi connectivity index (χ0n) is 9.25. The van der Waals surface area contributed by atoms with E-state index in [1.165, 1.54) is 0 Å². The van der Waals surface area contributed by atoms with Gasteiger partial charge in [0.05, 0.1) is 13.2 Å². The minimum absolute atomic E-state index is 0.180. The van der Waals surface area contributed by atoms with Crippen LogP contribution in [0.15, 0.2) is 12.2 Å². The molecule has 3 nitrogen and oxygen atoms in total. The van der Waals surface area contributed by atoms with Crippen LogP contribution < -0.4 is 5.32 Å². The van der Waals surface area contributed by atoms with Crippen molar-refractivity contribution in [2.45, 2.75) is 13.3 Å². The van der Waals surface area contributed by atoms with Crippen molar-refractivity contribution < 1.29 is 9.53 Å². The molecule has 0 bridgehead atoms. The van der Waals surface area contributed by atoms with Crippen molar-refractivity contribution in [2.75, 3.05) is 31.3 Å². The van der Waals surface area contributed by atoms with E-state index < -0.39 is 0 Å². The standard InChI is InChI=1S/C11H19NO2S/c1-9(2)7-14-5-4-12-11(13)10-3-6-15-8-10/h10H,1,3-8H2,2H3,(H,12,13). The Kier molecular flexibility index (Phi) is 5.79. The summed E-state index contributed by atoms with van der Waals surface area (Å²) in [5.74, 6) is 2.48. The predicted octanol–water partition coefficient (Wildman–Crippen LogP) is 1.45. The number of amides is 1. The SMILES string of the molecule is C=C(C)COCCNC(=O)C1CCSC1. The van der Waals surface area contributed by atoms with Gasteiger partial charge in [0.1, 0.15) is 0 Å². The Bertz CT molecular complexity index is 225. The zero-order valence-corrected chi connectivity index (χ0v) is 10.1. The minimum Gasteiger partial charge on any atom is -0.375 e. The molecule has 1 heterocycles. The van der Waals surface area contributed by atoms with Crippen molar-refractivity contribution in [3.63, 3.8) is 0 Å². The maximum absolute atomic E-state index is 11.5. The Hall–Kier alpha value is -0.480. The third kappa shape index (κ3) is 5.23. The third-order valence-corrected chi connectivity index (χ3v) is 3.36. The summed E-state index contributed by atoms with van der Waals surface area (Å²) < 4.78 is 5.29. The minimum atomic E-state index is 0.180. The molecule has 4 heteroatoms. The number of thioether (sulfide) groups is 1. The molecule has 1 aliphatic rings. The van der Waals surface area contributed by atoms with Crippen LogP contribution in [0.5, 0.6) is 0 Å². The molecule has 0 radical (unpaired) electrons. The first-order valence-electron chi connectivity index (χ1n) is 5.27. The highest BCUT2D eigenvalue weighted by molar-refractivity contribution is 7.99. The molecule has 1 atom stereocenters. The van der Waals surface area contributed by atoms with Gasteiger partial charge in [-0.15, -0.1) is 0 Å². The fourth-order valence-corrected chi connectivity index (χ4v) is 2.60. The molecule has 1 rings (SSSR count). The van der Waals surface area contributed by atoms with Crippen LogP contribution in [0.3, 0.4) is 0 Å². The molecule has 1 amide bonds. The summed E-state index contributed by atoms with van der Waals surface area (Å²) >= 11 is 1.85. The van der Waals surface area contributed by atoms with Gasteiger partial charge in [0.15, 0.2) is 0 Å². The van der Waals surface area contributed by atoms with Crippen LogP contribution in [0.2, 0.25) is 0 Å². The number of hydrogen-bond acceptors (Lipinski definition) is 3. The maximum atomic E-state index is 11.5. The highest BCUT2D eigenvalue weighted by Gasteiger charge is 2.22. The summed E-state index contributed by atoms with van der Waals surface area (Å²) in [7, 11) is 0. The van der Waals surface area contributed by atoms with Gasteiger partial charge in [-0.25, -0.2) is 0 Å². The molecule has 86 valence electrons. The number of rotatable bonds is 6. The molecule has 1 aliphatic heterocycles. The number of carbonyl (C=O) groups excluding carboxylic acids is 1. The Morgan fingerprint density at radius 2 is 2.47 bits per heavy atom. The largest absolute Gasteiger partial charge is 0.375 e. The molecule has 1 saturated heterocycles. The zero-order chi connectivity index (χ0) is 11.1. The first-order valence-corrected chi connectivity index (χ1v) is 6.43. The molecular formula is C11H19NO2S. The number of nitrogens with one attached hydrogen (secondary N) is 1. The van der Waals surface area contributed by atoms with Crippen LogP contribution in [-0.4, -0.2) is 37.2 Å². The molecule has 0 aliphatic carbocycles. The Balaban J connectivity index is 1.99. The number of ether oxygens (including phenoxy) is 1. The second-order valence-corrected chi connectivity index (χ2v) is 5.01. The fraction of sp³-hybridized carbons (Fsp3) is 0.727. The molecule has 0 aromatic rings. The third-order valence-electron chi connectivity index (χ3n) is 2.19. The summed E-state index contributed by atoms with van der Waals surface area (Å²) in [4.78, 5) is 11.5. The number of carbonyl (C=O) groups is 1. The van der Waals surface area contributed by atoms with E-state index in [9.17, 15) is 4.79 Å². The average Bonchev–Trinajstić information content (AvgIpc) is 2.69. The quantitative estimate of drug-likeness (QED) is 0.553. The maximum Gasteiger partial charge on any atom is 0.224 e. The molecule has 1 N–H and O–H groups in total. The smallest absolute Gasteiger partial charge is 0.224 e. The van der Waals surface area contributed by atoms with Gasteiger partial charge >= 0.3 is 0 Å². The van der Waals surface area contributed by atoms with E-state index in [2.05, 4.69) is 11.9 Å². The van der Waals surface area contributed by atoms with Crippen molar-refractivity contribution in [3.05, 3.63) is 12.2 Å². The summed E-state index contributed by atoms with van der Waals surface area (Å²) in [5, 5.41) is 2.89. The van der Waals surface area contributed by atoms with Crippen molar-refractivity contribution >= 4 is 17.7 Å².